The average molecular weight is 411 g/mol. The maximum Gasteiger partial charge on any atom is 0.262 e. The Morgan fingerprint density at radius 2 is 2.00 bits per heavy atom. The van der Waals surface area contributed by atoms with Gasteiger partial charge in [0.05, 0.1) is 17.4 Å². The second-order valence-electron chi connectivity index (χ2n) is 7.92. The maximum atomic E-state index is 12.6. The average Bonchev–Trinajstić information content (AvgIpc) is 3.24. The van der Waals surface area contributed by atoms with E-state index in [2.05, 4.69) is 24.5 Å². The van der Waals surface area contributed by atoms with Gasteiger partial charge in [0.2, 0.25) is 0 Å². The predicted octanol–water partition coefficient (Wildman–Crippen LogP) is 4.04. The highest BCUT2D eigenvalue weighted by molar-refractivity contribution is 6.04. The van der Waals surface area contributed by atoms with Crippen LogP contribution >= 0.6 is 0 Å². The third-order valence-corrected chi connectivity index (χ3v) is 5.11. The van der Waals surface area contributed by atoms with Crippen molar-refractivity contribution in [1.82, 2.24) is 5.32 Å². The fraction of sp³-hybridized carbons (Fsp3) is 0.417. The molecule has 1 heterocycles. The third kappa shape index (κ3) is 5.83. The first-order valence-corrected chi connectivity index (χ1v) is 10.5. The first-order chi connectivity index (χ1) is 14.4. The Labute approximate surface area is 178 Å². The van der Waals surface area contributed by atoms with Crippen LogP contribution in [-0.4, -0.2) is 37.7 Å². The summed E-state index contributed by atoms with van der Waals surface area (Å²) in [5.41, 5.74) is 3.01. The van der Waals surface area contributed by atoms with E-state index >= 15 is 0 Å². The topological polar surface area (TPSA) is 76.7 Å². The van der Waals surface area contributed by atoms with E-state index in [9.17, 15) is 9.59 Å². The van der Waals surface area contributed by atoms with Crippen LogP contribution in [0.5, 0.6) is 5.75 Å². The molecular weight excluding hydrogens is 380 g/mol. The normalized spacial score (nSPS) is 15.8. The minimum Gasteiger partial charge on any atom is -0.483 e. The van der Waals surface area contributed by atoms with E-state index in [0.29, 0.717) is 23.5 Å². The van der Waals surface area contributed by atoms with Crippen molar-refractivity contribution in [1.29, 1.82) is 0 Å². The van der Waals surface area contributed by atoms with Gasteiger partial charge in [-0.3, -0.25) is 9.59 Å². The fourth-order valence-electron chi connectivity index (χ4n) is 3.47. The molecule has 2 aromatic rings. The van der Waals surface area contributed by atoms with E-state index in [-0.39, 0.29) is 30.4 Å². The lowest BCUT2D eigenvalue weighted by Gasteiger charge is -2.16. The van der Waals surface area contributed by atoms with Gasteiger partial charge >= 0.3 is 0 Å². The number of carbonyl (C=O) groups is 2. The highest BCUT2D eigenvalue weighted by Gasteiger charge is 2.19. The van der Waals surface area contributed by atoms with Gasteiger partial charge in [0.15, 0.2) is 6.61 Å². The van der Waals surface area contributed by atoms with Gasteiger partial charge in [-0.05, 0) is 55.0 Å². The molecule has 160 valence electrons. The van der Waals surface area contributed by atoms with Crippen molar-refractivity contribution in [2.24, 2.45) is 0 Å². The van der Waals surface area contributed by atoms with E-state index in [4.69, 9.17) is 9.47 Å². The van der Waals surface area contributed by atoms with Crippen LogP contribution in [0.25, 0.3) is 0 Å². The molecule has 0 unspecified atom stereocenters. The number of carbonyl (C=O) groups excluding carboxylic acids is 2. The highest BCUT2D eigenvalue weighted by Crippen LogP contribution is 2.27. The lowest BCUT2D eigenvalue weighted by Crippen LogP contribution is -2.32. The molecule has 1 saturated heterocycles. The van der Waals surface area contributed by atoms with Gasteiger partial charge in [0.1, 0.15) is 5.75 Å². The van der Waals surface area contributed by atoms with Crippen molar-refractivity contribution in [2.45, 2.75) is 45.6 Å². The molecule has 30 heavy (non-hydrogen) atoms. The van der Waals surface area contributed by atoms with Crippen LogP contribution in [0, 0.1) is 6.92 Å². The molecule has 0 spiro atoms. The fourth-order valence-corrected chi connectivity index (χ4v) is 3.47. The number of anilines is 1. The third-order valence-electron chi connectivity index (χ3n) is 5.11. The van der Waals surface area contributed by atoms with Crippen molar-refractivity contribution in [2.75, 3.05) is 25.1 Å². The van der Waals surface area contributed by atoms with Crippen molar-refractivity contribution >= 4 is 17.5 Å². The molecule has 3 rings (SSSR count). The van der Waals surface area contributed by atoms with Crippen LogP contribution in [0.15, 0.2) is 42.5 Å². The maximum absolute atomic E-state index is 12.6. The number of nitrogens with one attached hydrogen (secondary N) is 2. The lowest BCUT2D eigenvalue weighted by atomic mass is 10.0. The molecule has 6 nitrogen and oxygen atoms in total. The monoisotopic (exact) mass is 410 g/mol. The molecule has 1 fully saturated rings. The summed E-state index contributed by atoms with van der Waals surface area (Å²) in [5, 5.41) is 5.69. The van der Waals surface area contributed by atoms with E-state index in [1.165, 1.54) is 0 Å². The summed E-state index contributed by atoms with van der Waals surface area (Å²) in [4.78, 5) is 25.1. The number of para-hydroxylation sites is 1. The predicted molar refractivity (Wildman–Crippen MR) is 117 cm³/mol. The summed E-state index contributed by atoms with van der Waals surface area (Å²) in [7, 11) is 0. The van der Waals surface area contributed by atoms with Crippen LogP contribution in [0.2, 0.25) is 0 Å². The summed E-state index contributed by atoms with van der Waals surface area (Å²) in [6.07, 6.45) is 2.04. The van der Waals surface area contributed by atoms with Crippen molar-refractivity contribution in [3.05, 3.63) is 59.2 Å². The smallest absolute Gasteiger partial charge is 0.262 e. The number of aryl methyl sites for hydroxylation is 1. The number of benzene rings is 2. The molecule has 2 aromatic carbocycles. The zero-order valence-electron chi connectivity index (χ0n) is 17.9. The molecule has 0 radical (unpaired) electrons. The van der Waals surface area contributed by atoms with Gasteiger partial charge < -0.3 is 20.1 Å². The zero-order valence-corrected chi connectivity index (χ0v) is 17.9. The quantitative estimate of drug-likeness (QED) is 0.688. The van der Waals surface area contributed by atoms with Crippen LogP contribution in [0.3, 0.4) is 0 Å². The molecule has 1 atom stereocenters. The molecule has 0 saturated carbocycles. The standard InChI is InChI=1S/C24H30N2O4/c1-16(2)19-11-10-17(3)13-22(19)30-15-23(27)26-21-9-5-4-8-20(21)24(28)25-14-18-7-6-12-29-18/h4-5,8-11,13,16,18H,6-7,12,14-15H2,1-3H3,(H,25,28)(H,26,27)/t18-/m1/s1. The largest absolute Gasteiger partial charge is 0.483 e. The van der Waals surface area contributed by atoms with E-state index in [1.54, 1.807) is 24.3 Å². The van der Waals surface area contributed by atoms with Crippen molar-refractivity contribution in [3.63, 3.8) is 0 Å². The summed E-state index contributed by atoms with van der Waals surface area (Å²) in [6, 6.07) is 13.0. The number of rotatable bonds is 8. The lowest BCUT2D eigenvalue weighted by molar-refractivity contribution is -0.118. The minimum atomic E-state index is -0.314. The molecule has 6 heteroatoms. The Morgan fingerprint density at radius 3 is 2.73 bits per heavy atom. The van der Waals surface area contributed by atoms with Gasteiger partial charge in [0, 0.05) is 13.2 Å². The molecule has 1 aliphatic rings. The molecule has 0 aliphatic carbocycles. The summed E-state index contributed by atoms with van der Waals surface area (Å²) in [6.45, 7) is 7.24. The molecule has 0 aromatic heterocycles. The summed E-state index contributed by atoms with van der Waals surface area (Å²) in [5.74, 6) is 0.452. The Hall–Kier alpha value is -2.86. The van der Waals surface area contributed by atoms with Crippen molar-refractivity contribution in [3.8, 4) is 5.75 Å². The second kappa shape index (κ2) is 10.3. The van der Waals surface area contributed by atoms with Crippen LogP contribution in [-0.2, 0) is 9.53 Å². The van der Waals surface area contributed by atoms with Gasteiger partial charge in [-0.15, -0.1) is 0 Å². The molecule has 1 aliphatic heterocycles. The first kappa shape index (κ1) is 21.8. The minimum absolute atomic E-state index is 0.0635. The number of hydrogen-bond acceptors (Lipinski definition) is 4. The molecule has 0 bridgehead atoms. The Kier molecular flexibility index (Phi) is 7.46. The zero-order chi connectivity index (χ0) is 21.5. The SMILES string of the molecule is Cc1ccc(C(C)C)c(OCC(=O)Nc2ccccc2C(=O)NC[C@H]2CCCO2)c1. The number of ether oxygens (including phenoxy) is 2. The Balaban J connectivity index is 1.60. The second-order valence-corrected chi connectivity index (χ2v) is 7.92. The van der Waals surface area contributed by atoms with Gasteiger partial charge in [-0.1, -0.05) is 38.1 Å². The van der Waals surface area contributed by atoms with Gasteiger partial charge in [0.25, 0.3) is 11.8 Å². The first-order valence-electron chi connectivity index (χ1n) is 10.5. The van der Waals surface area contributed by atoms with Gasteiger partial charge in [-0.2, -0.15) is 0 Å². The molecule has 2 N–H and O–H groups in total. The molecule has 2 amide bonds. The Morgan fingerprint density at radius 1 is 1.20 bits per heavy atom. The van der Waals surface area contributed by atoms with E-state index in [0.717, 1.165) is 30.6 Å². The highest BCUT2D eigenvalue weighted by atomic mass is 16.5. The molecular formula is C24H30N2O4. The summed E-state index contributed by atoms with van der Waals surface area (Å²) >= 11 is 0. The van der Waals surface area contributed by atoms with Crippen LogP contribution in [0.1, 0.15) is 54.1 Å². The Bertz CT molecular complexity index is 889. The van der Waals surface area contributed by atoms with Crippen molar-refractivity contribution < 1.29 is 19.1 Å². The van der Waals surface area contributed by atoms with Gasteiger partial charge in [-0.25, -0.2) is 0 Å². The van der Waals surface area contributed by atoms with Crippen LogP contribution < -0.4 is 15.4 Å². The number of hydrogen-bond donors (Lipinski definition) is 2. The summed E-state index contributed by atoms with van der Waals surface area (Å²) < 4.78 is 11.3. The van der Waals surface area contributed by atoms with E-state index < -0.39 is 0 Å². The van der Waals surface area contributed by atoms with Crippen LogP contribution in [0.4, 0.5) is 5.69 Å². The van der Waals surface area contributed by atoms with E-state index in [1.807, 2.05) is 25.1 Å². The number of amides is 2.